The molecule has 5 heteroatoms. The van der Waals surface area contributed by atoms with Gasteiger partial charge in [-0.3, -0.25) is 0 Å². The van der Waals surface area contributed by atoms with Gasteiger partial charge in [0.1, 0.15) is 17.2 Å². The molecule has 0 aromatic heterocycles. The molecule has 0 bridgehead atoms. The van der Waals surface area contributed by atoms with Crippen molar-refractivity contribution in [2.75, 3.05) is 7.05 Å². The second-order valence-corrected chi connectivity index (χ2v) is 10.3. The van der Waals surface area contributed by atoms with E-state index in [2.05, 4.69) is 24.3 Å². The first kappa shape index (κ1) is 20.7. The number of nitriles is 1. The number of hydrogen-bond acceptors (Lipinski definition) is 5. The van der Waals surface area contributed by atoms with Gasteiger partial charge < -0.3 is 4.74 Å². The van der Waals surface area contributed by atoms with Gasteiger partial charge in [0.05, 0.1) is 17.2 Å². The van der Waals surface area contributed by atoms with Crippen LogP contribution in [0.15, 0.2) is 47.5 Å². The molecule has 2 aliphatic carbocycles. The number of ether oxygens (including phenoxy) is 1. The SMILES string of the molecule is CC1=NC2(CC3(CCCC4CCCCC43)Oc3ccc(-c4cccc(C#N)c4)cc32)ON1C. The van der Waals surface area contributed by atoms with Crippen LogP contribution in [0.4, 0.5) is 0 Å². The fourth-order valence-electron chi connectivity index (χ4n) is 6.89. The number of nitrogens with zero attached hydrogens (tertiary/aromatic N) is 3. The highest BCUT2D eigenvalue weighted by atomic mass is 16.7. The Morgan fingerprint density at radius 1 is 1.06 bits per heavy atom. The Hall–Kier alpha value is -2.84. The van der Waals surface area contributed by atoms with E-state index in [1.54, 1.807) is 0 Å². The van der Waals surface area contributed by atoms with Crippen LogP contribution in [-0.4, -0.2) is 23.5 Å². The highest BCUT2D eigenvalue weighted by molar-refractivity contribution is 5.80. The van der Waals surface area contributed by atoms with Crippen molar-refractivity contribution in [3.63, 3.8) is 0 Å². The summed E-state index contributed by atoms with van der Waals surface area (Å²) in [6.07, 6.45) is 9.59. The minimum atomic E-state index is -0.755. The first-order valence-corrected chi connectivity index (χ1v) is 12.4. The summed E-state index contributed by atoms with van der Waals surface area (Å²) in [5.74, 6) is 3.12. The van der Waals surface area contributed by atoms with Gasteiger partial charge in [-0.25, -0.2) is 14.9 Å². The molecule has 4 unspecified atom stereocenters. The summed E-state index contributed by atoms with van der Waals surface area (Å²) < 4.78 is 7.00. The van der Waals surface area contributed by atoms with Crippen LogP contribution in [0.5, 0.6) is 5.75 Å². The molecule has 0 saturated heterocycles. The smallest absolute Gasteiger partial charge is 0.220 e. The topological polar surface area (TPSA) is 57.9 Å². The Morgan fingerprint density at radius 3 is 2.70 bits per heavy atom. The minimum absolute atomic E-state index is 0.215. The number of hydrogen-bond donors (Lipinski definition) is 0. The third-order valence-electron chi connectivity index (χ3n) is 8.42. The highest BCUT2D eigenvalue weighted by Gasteiger charge is 2.59. The van der Waals surface area contributed by atoms with E-state index in [4.69, 9.17) is 14.6 Å². The van der Waals surface area contributed by atoms with E-state index < -0.39 is 5.72 Å². The Balaban J connectivity index is 1.48. The number of rotatable bonds is 1. The third kappa shape index (κ3) is 3.27. The molecule has 5 nitrogen and oxygen atoms in total. The predicted molar refractivity (Wildman–Crippen MR) is 128 cm³/mol. The molecule has 0 amide bonds. The van der Waals surface area contributed by atoms with Crippen molar-refractivity contribution in [2.24, 2.45) is 16.8 Å². The zero-order valence-electron chi connectivity index (χ0n) is 19.5. The normalized spacial score (nSPS) is 32.6. The maximum atomic E-state index is 9.35. The lowest BCUT2D eigenvalue weighted by molar-refractivity contribution is -0.220. The van der Waals surface area contributed by atoms with Crippen molar-refractivity contribution in [3.8, 4) is 22.9 Å². The lowest BCUT2D eigenvalue weighted by atomic mass is 9.60. The number of fused-ring (bicyclic) bond motifs is 4. The van der Waals surface area contributed by atoms with Gasteiger partial charge in [-0.05, 0) is 73.9 Å². The maximum Gasteiger partial charge on any atom is 0.220 e. The number of hydroxylamine groups is 2. The van der Waals surface area contributed by atoms with Gasteiger partial charge in [0.25, 0.3) is 0 Å². The summed E-state index contributed by atoms with van der Waals surface area (Å²) >= 11 is 0. The van der Waals surface area contributed by atoms with Crippen LogP contribution >= 0.6 is 0 Å². The Morgan fingerprint density at radius 2 is 1.88 bits per heavy atom. The molecule has 33 heavy (non-hydrogen) atoms. The van der Waals surface area contributed by atoms with Gasteiger partial charge >= 0.3 is 0 Å². The molecule has 2 saturated carbocycles. The maximum absolute atomic E-state index is 9.35. The van der Waals surface area contributed by atoms with E-state index in [1.807, 2.05) is 43.3 Å². The van der Waals surface area contributed by atoms with E-state index in [-0.39, 0.29) is 5.60 Å². The Kier molecular flexibility index (Phi) is 4.78. The molecule has 2 fully saturated rings. The third-order valence-corrected chi connectivity index (χ3v) is 8.42. The summed E-state index contributed by atoms with van der Waals surface area (Å²) in [5.41, 5.74) is 2.75. The average molecular weight is 442 g/mol. The zero-order chi connectivity index (χ0) is 22.6. The van der Waals surface area contributed by atoms with Gasteiger partial charge in [0, 0.05) is 19.4 Å². The van der Waals surface area contributed by atoms with E-state index in [0.29, 0.717) is 11.5 Å². The largest absolute Gasteiger partial charge is 0.486 e. The summed E-state index contributed by atoms with van der Waals surface area (Å²) in [6, 6.07) is 16.4. The predicted octanol–water partition coefficient (Wildman–Crippen LogP) is 6.19. The molecule has 2 spiro atoms. The Labute approximate surface area is 196 Å². The summed E-state index contributed by atoms with van der Waals surface area (Å²) in [4.78, 5) is 11.7. The van der Waals surface area contributed by atoms with E-state index >= 15 is 0 Å². The minimum Gasteiger partial charge on any atom is -0.486 e. The van der Waals surface area contributed by atoms with Gasteiger partial charge in [-0.2, -0.15) is 5.26 Å². The van der Waals surface area contributed by atoms with Crippen molar-refractivity contribution in [1.82, 2.24) is 5.06 Å². The molecular weight excluding hydrogens is 410 g/mol. The van der Waals surface area contributed by atoms with E-state index in [0.717, 1.165) is 47.0 Å². The molecule has 170 valence electrons. The second kappa shape index (κ2) is 7.60. The average Bonchev–Trinajstić information content (AvgIpc) is 3.12. The molecule has 6 rings (SSSR count). The molecule has 0 radical (unpaired) electrons. The quantitative estimate of drug-likeness (QED) is 0.530. The number of aliphatic imine (C=N–C) groups is 1. The van der Waals surface area contributed by atoms with Gasteiger partial charge in [-0.1, -0.05) is 37.5 Å². The van der Waals surface area contributed by atoms with Crippen LogP contribution in [0.1, 0.15) is 69.4 Å². The fraction of sp³-hybridized carbons (Fsp3) is 0.500. The van der Waals surface area contributed by atoms with Crippen molar-refractivity contribution in [3.05, 3.63) is 53.6 Å². The number of benzene rings is 2. The first-order chi connectivity index (χ1) is 16.0. The van der Waals surface area contributed by atoms with Crippen LogP contribution in [0, 0.1) is 23.2 Å². The highest BCUT2D eigenvalue weighted by Crippen LogP contribution is 2.58. The van der Waals surface area contributed by atoms with Gasteiger partial charge in [0.15, 0.2) is 0 Å². The second-order valence-electron chi connectivity index (χ2n) is 10.3. The van der Waals surface area contributed by atoms with Crippen LogP contribution in [-0.2, 0) is 10.6 Å². The van der Waals surface area contributed by atoms with Crippen LogP contribution in [0.25, 0.3) is 11.1 Å². The lowest BCUT2D eigenvalue weighted by Gasteiger charge is -2.54. The molecule has 2 heterocycles. The van der Waals surface area contributed by atoms with E-state index in [1.165, 1.54) is 38.5 Å². The molecule has 4 atom stereocenters. The van der Waals surface area contributed by atoms with E-state index in [9.17, 15) is 5.26 Å². The molecule has 4 aliphatic rings. The van der Waals surface area contributed by atoms with Crippen LogP contribution < -0.4 is 4.74 Å². The van der Waals surface area contributed by atoms with Gasteiger partial charge in [-0.15, -0.1) is 0 Å². The molecule has 2 aliphatic heterocycles. The summed E-state index contributed by atoms with van der Waals surface area (Å²) in [5, 5.41) is 11.2. The Bertz CT molecular complexity index is 1170. The molecular formula is C28H31N3O2. The zero-order valence-corrected chi connectivity index (χ0v) is 19.5. The molecule has 2 aromatic rings. The van der Waals surface area contributed by atoms with Crippen LogP contribution in [0.3, 0.4) is 0 Å². The summed E-state index contributed by atoms with van der Waals surface area (Å²) in [6.45, 7) is 2.01. The molecule has 0 N–H and O–H groups in total. The van der Waals surface area contributed by atoms with Gasteiger partial charge in [0.2, 0.25) is 5.72 Å². The van der Waals surface area contributed by atoms with Crippen molar-refractivity contribution in [1.29, 1.82) is 5.26 Å². The standard InChI is InChI=1S/C28H31N3O2/c1-19-30-28(33-31(19)2)18-27(14-6-10-21-8-3-4-11-24(21)27)32-26-13-12-23(16-25(26)28)22-9-5-7-20(15-22)17-29/h5,7,9,12-13,15-16,21,24H,3-4,6,8,10-11,14,18H2,1-2H3. The van der Waals surface area contributed by atoms with Crippen molar-refractivity contribution in [2.45, 2.75) is 69.6 Å². The molecule has 2 aromatic carbocycles. The number of amidine groups is 1. The summed E-state index contributed by atoms with van der Waals surface area (Å²) in [7, 11) is 1.94. The van der Waals surface area contributed by atoms with Crippen LogP contribution in [0.2, 0.25) is 0 Å². The monoisotopic (exact) mass is 441 g/mol. The fourth-order valence-corrected chi connectivity index (χ4v) is 6.89. The van der Waals surface area contributed by atoms with Crippen molar-refractivity contribution < 1.29 is 9.57 Å². The first-order valence-electron chi connectivity index (χ1n) is 12.4. The lowest BCUT2D eigenvalue weighted by Crippen LogP contribution is -2.57. The van der Waals surface area contributed by atoms with Crippen molar-refractivity contribution >= 4 is 5.84 Å².